The number of aryl methyl sites for hydroxylation is 1. The van der Waals surface area contributed by atoms with Crippen molar-refractivity contribution >= 4 is 40.7 Å². The van der Waals surface area contributed by atoms with Gasteiger partial charge in [0, 0.05) is 36.6 Å². The standard InChI is InChI=1S/C16H19N5O2S2/c1-11-19-20-16(25-11)24-9-3-6-17-14(22)12-4-2-5-13(10-12)21-8-7-18-15(21)23/h2,4-5,10H,3,6-9H2,1H3,(H,17,22)(H,18,23). The van der Waals surface area contributed by atoms with Crippen molar-refractivity contribution in [1.82, 2.24) is 20.8 Å². The molecular weight excluding hydrogens is 358 g/mol. The number of aromatic nitrogens is 2. The van der Waals surface area contributed by atoms with Crippen LogP contribution in [0.2, 0.25) is 0 Å². The number of hydrogen-bond acceptors (Lipinski definition) is 6. The van der Waals surface area contributed by atoms with E-state index < -0.39 is 0 Å². The Morgan fingerprint density at radius 2 is 2.32 bits per heavy atom. The molecule has 7 nitrogen and oxygen atoms in total. The molecule has 25 heavy (non-hydrogen) atoms. The maximum absolute atomic E-state index is 12.3. The van der Waals surface area contributed by atoms with Crippen molar-refractivity contribution in [3.05, 3.63) is 34.8 Å². The topological polar surface area (TPSA) is 87.2 Å². The van der Waals surface area contributed by atoms with Gasteiger partial charge in [0.2, 0.25) is 0 Å². The molecule has 0 spiro atoms. The lowest BCUT2D eigenvalue weighted by atomic mass is 10.1. The van der Waals surface area contributed by atoms with E-state index in [1.807, 2.05) is 13.0 Å². The molecular formula is C16H19N5O2S2. The number of hydrogen-bond donors (Lipinski definition) is 2. The maximum Gasteiger partial charge on any atom is 0.321 e. The minimum atomic E-state index is -0.127. The van der Waals surface area contributed by atoms with Crippen LogP contribution in [0.3, 0.4) is 0 Å². The predicted molar refractivity (Wildman–Crippen MR) is 99.5 cm³/mol. The molecule has 1 fully saturated rings. The van der Waals surface area contributed by atoms with Crippen LogP contribution < -0.4 is 15.5 Å². The van der Waals surface area contributed by atoms with Gasteiger partial charge in [-0.05, 0) is 31.5 Å². The first-order valence-electron chi connectivity index (χ1n) is 8.00. The third-order valence-corrected chi connectivity index (χ3v) is 5.67. The summed E-state index contributed by atoms with van der Waals surface area (Å²) in [4.78, 5) is 25.6. The van der Waals surface area contributed by atoms with Crippen LogP contribution >= 0.6 is 23.1 Å². The molecule has 1 aromatic carbocycles. The Balaban J connectivity index is 1.45. The van der Waals surface area contributed by atoms with Gasteiger partial charge in [-0.15, -0.1) is 10.2 Å². The molecule has 0 bridgehead atoms. The highest BCUT2D eigenvalue weighted by Crippen LogP contribution is 2.22. The molecule has 0 atom stereocenters. The summed E-state index contributed by atoms with van der Waals surface area (Å²) in [6.45, 7) is 3.77. The fraction of sp³-hybridized carbons (Fsp3) is 0.375. The van der Waals surface area contributed by atoms with Crippen LogP contribution in [0.4, 0.5) is 10.5 Å². The highest BCUT2D eigenvalue weighted by Gasteiger charge is 2.21. The number of urea groups is 1. The molecule has 1 aliphatic rings. The van der Waals surface area contributed by atoms with E-state index in [9.17, 15) is 9.59 Å². The lowest BCUT2D eigenvalue weighted by Crippen LogP contribution is -2.28. The zero-order valence-corrected chi connectivity index (χ0v) is 15.5. The third-order valence-electron chi connectivity index (χ3n) is 3.62. The number of benzene rings is 1. The average molecular weight is 377 g/mol. The third kappa shape index (κ3) is 4.70. The van der Waals surface area contributed by atoms with E-state index in [0.717, 1.165) is 27.2 Å². The van der Waals surface area contributed by atoms with Crippen LogP contribution in [0.15, 0.2) is 28.6 Å². The molecule has 3 rings (SSSR count). The first-order valence-corrected chi connectivity index (χ1v) is 9.80. The van der Waals surface area contributed by atoms with Crippen molar-refractivity contribution in [3.63, 3.8) is 0 Å². The van der Waals surface area contributed by atoms with Crippen LogP contribution in [0.25, 0.3) is 0 Å². The van der Waals surface area contributed by atoms with E-state index in [-0.39, 0.29) is 11.9 Å². The summed E-state index contributed by atoms with van der Waals surface area (Å²) >= 11 is 3.23. The molecule has 2 heterocycles. The minimum absolute atomic E-state index is 0.124. The Bertz CT molecular complexity index is 764. The van der Waals surface area contributed by atoms with Gasteiger partial charge in [-0.1, -0.05) is 29.2 Å². The second-order valence-corrected chi connectivity index (χ2v) is 8.00. The molecule has 0 unspecified atom stereocenters. The molecule has 2 N–H and O–H groups in total. The highest BCUT2D eigenvalue weighted by atomic mass is 32.2. The number of carbonyl (C=O) groups excluding carboxylic acids is 2. The van der Waals surface area contributed by atoms with Gasteiger partial charge in [-0.2, -0.15) is 0 Å². The number of nitrogens with zero attached hydrogens (tertiary/aromatic N) is 3. The number of nitrogens with one attached hydrogen (secondary N) is 2. The summed E-state index contributed by atoms with van der Waals surface area (Å²) in [6.07, 6.45) is 0.850. The number of anilines is 1. The largest absolute Gasteiger partial charge is 0.352 e. The van der Waals surface area contributed by atoms with Crippen LogP contribution in [0.1, 0.15) is 21.8 Å². The van der Waals surface area contributed by atoms with Gasteiger partial charge in [0.25, 0.3) is 5.91 Å². The zero-order valence-electron chi connectivity index (χ0n) is 13.8. The van der Waals surface area contributed by atoms with Crippen molar-refractivity contribution in [3.8, 4) is 0 Å². The van der Waals surface area contributed by atoms with E-state index in [1.54, 1.807) is 46.2 Å². The summed E-state index contributed by atoms with van der Waals surface area (Å²) in [5, 5.41) is 14.7. The molecule has 2 aromatic rings. The van der Waals surface area contributed by atoms with Crippen LogP contribution in [0, 0.1) is 6.92 Å². The molecule has 1 aliphatic heterocycles. The van der Waals surface area contributed by atoms with E-state index in [2.05, 4.69) is 20.8 Å². The Morgan fingerprint density at radius 3 is 3.04 bits per heavy atom. The van der Waals surface area contributed by atoms with Crippen molar-refractivity contribution in [1.29, 1.82) is 0 Å². The first-order chi connectivity index (χ1) is 12.1. The molecule has 1 saturated heterocycles. The highest BCUT2D eigenvalue weighted by molar-refractivity contribution is 8.01. The molecule has 3 amide bonds. The van der Waals surface area contributed by atoms with E-state index in [4.69, 9.17) is 0 Å². The number of amides is 3. The number of thioether (sulfide) groups is 1. The molecule has 0 aliphatic carbocycles. The Labute approximate surface area is 154 Å². The van der Waals surface area contributed by atoms with Gasteiger partial charge in [0.15, 0.2) is 4.34 Å². The summed E-state index contributed by atoms with van der Waals surface area (Å²) in [7, 11) is 0. The van der Waals surface area contributed by atoms with Gasteiger partial charge in [0.1, 0.15) is 5.01 Å². The Hall–Kier alpha value is -2.13. The first kappa shape index (κ1) is 17.7. The Morgan fingerprint density at radius 1 is 1.44 bits per heavy atom. The lowest BCUT2D eigenvalue weighted by Gasteiger charge is -2.15. The molecule has 1 aromatic heterocycles. The fourth-order valence-electron chi connectivity index (χ4n) is 2.41. The predicted octanol–water partition coefficient (Wildman–Crippen LogP) is 2.29. The summed E-state index contributed by atoms with van der Waals surface area (Å²) in [5.74, 6) is 0.751. The second kappa shape index (κ2) is 8.30. The van der Waals surface area contributed by atoms with Crippen molar-refractivity contribution in [2.24, 2.45) is 0 Å². The van der Waals surface area contributed by atoms with E-state index >= 15 is 0 Å². The van der Waals surface area contributed by atoms with E-state index in [0.29, 0.717) is 25.2 Å². The summed E-state index contributed by atoms with van der Waals surface area (Å²) in [5.41, 5.74) is 1.30. The number of rotatable bonds is 7. The van der Waals surface area contributed by atoms with Gasteiger partial charge < -0.3 is 10.6 Å². The second-order valence-electron chi connectivity index (χ2n) is 5.48. The van der Waals surface area contributed by atoms with Gasteiger partial charge >= 0.3 is 6.03 Å². The molecule has 132 valence electrons. The molecule has 0 saturated carbocycles. The summed E-state index contributed by atoms with van der Waals surface area (Å²) in [6, 6.07) is 7.01. The van der Waals surface area contributed by atoms with Crippen molar-refractivity contribution in [2.45, 2.75) is 17.7 Å². The quantitative estimate of drug-likeness (QED) is 0.571. The minimum Gasteiger partial charge on any atom is -0.352 e. The monoisotopic (exact) mass is 377 g/mol. The van der Waals surface area contributed by atoms with Gasteiger partial charge in [-0.3, -0.25) is 9.69 Å². The smallest absolute Gasteiger partial charge is 0.321 e. The molecule has 9 heteroatoms. The summed E-state index contributed by atoms with van der Waals surface area (Å²) < 4.78 is 0.959. The van der Waals surface area contributed by atoms with Crippen molar-refractivity contribution < 1.29 is 9.59 Å². The van der Waals surface area contributed by atoms with Crippen LogP contribution in [-0.4, -0.2) is 47.5 Å². The van der Waals surface area contributed by atoms with Crippen molar-refractivity contribution in [2.75, 3.05) is 30.3 Å². The SMILES string of the molecule is Cc1nnc(SCCCNC(=O)c2cccc(N3CCNC3=O)c2)s1. The normalized spacial score (nSPS) is 13.8. The lowest BCUT2D eigenvalue weighted by molar-refractivity contribution is 0.0953. The average Bonchev–Trinajstić information content (AvgIpc) is 3.22. The van der Waals surface area contributed by atoms with Gasteiger partial charge in [-0.25, -0.2) is 4.79 Å². The van der Waals surface area contributed by atoms with E-state index in [1.165, 1.54) is 0 Å². The molecule has 0 radical (unpaired) electrons. The fourth-order valence-corrected chi connectivity index (χ4v) is 4.23. The van der Waals surface area contributed by atoms with Gasteiger partial charge in [0.05, 0.1) is 0 Å². The number of carbonyl (C=O) groups is 2. The Kier molecular flexibility index (Phi) is 5.87. The van der Waals surface area contributed by atoms with Crippen LogP contribution in [-0.2, 0) is 0 Å². The van der Waals surface area contributed by atoms with Crippen LogP contribution in [0.5, 0.6) is 0 Å². The zero-order chi connectivity index (χ0) is 17.6. The maximum atomic E-state index is 12.3.